The van der Waals surface area contributed by atoms with E-state index in [1.165, 1.54) is 11.8 Å². The van der Waals surface area contributed by atoms with Crippen molar-refractivity contribution in [2.24, 2.45) is 11.3 Å². The van der Waals surface area contributed by atoms with E-state index in [2.05, 4.69) is 36.4 Å². The second kappa shape index (κ2) is 8.08. The van der Waals surface area contributed by atoms with Crippen molar-refractivity contribution in [3.63, 3.8) is 0 Å². The standard InChI is InChI=1S/C16H28N4O3/c1-7-11(2)14(15(22)23-6)17-13(21)10-20-9-12(18-19-20)8-16(3,4)5/h9,11,14H,7-8,10H2,1-6H3,(H,17,21)/t11-,14-/m0/s1. The van der Waals surface area contributed by atoms with Gasteiger partial charge in [-0.2, -0.15) is 0 Å². The van der Waals surface area contributed by atoms with Gasteiger partial charge in [-0.15, -0.1) is 5.10 Å². The number of esters is 1. The fraction of sp³-hybridized carbons (Fsp3) is 0.750. The summed E-state index contributed by atoms with van der Waals surface area (Å²) >= 11 is 0. The molecule has 23 heavy (non-hydrogen) atoms. The molecule has 0 aliphatic rings. The van der Waals surface area contributed by atoms with E-state index in [1.807, 2.05) is 13.8 Å². The van der Waals surface area contributed by atoms with Gasteiger partial charge in [0, 0.05) is 6.20 Å². The SMILES string of the molecule is CC[C@H](C)[C@H](NC(=O)Cn1cc(CC(C)(C)C)nn1)C(=O)OC. The van der Waals surface area contributed by atoms with Crippen molar-refractivity contribution in [1.29, 1.82) is 0 Å². The van der Waals surface area contributed by atoms with Gasteiger partial charge in [0.2, 0.25) is 5.91 Å². The predicted octanol–water partition coefficient (Wildman–Crippen LogP) is 1.57. The molecule has 0 aliphatic carbocycles. The maximum absolute atomic E-state index is 12.2. The Balaban J connectivity index is 2.66. The highest BCUT2D eigenvalue weighted by molar-refractivity contribution is 5.84. The molecule has 0 fully saturated rings. The molecule has 7 nitrogen and oxygen atoms in total. The van der Waals surface area contributed by atoms with Crippen LogP contribution in [0.4, 0.5) is 0 Å². The average molecular weight is 324 g/mol. The second-order valence-corrected chi connectivity index (χ2v) is 7.10. The molecule has 0 spiro atoms. The monoisotopic (exact) mass is 324 g/mol. The number of nitrogens with one attached hydrogen (secondary N) is 1. The molecule has 130 valence electrons. The van der Waals surface area contributed by atoms with E-state index >= 15 is 0 Å². The zero-order valence-corrected chi connectivity index (χ0v) is 14.9. The van der Waals surface area contributed by atoms with Crippen molar-refractivity contribution < 1.29 is 14.3 Å². The van der Waals surface area contributed by atoms with Gasteiger partial charge < -0.3 is 10.1 Å². The predicted molar refractivity (Wildman–Crippen MR) is 86.6 cm³/mol. The average Bonchev–Trinajstić information content (AvgIpc) is 2.87. The number of nitrogens with zero attached hydrogens (tertiary/aromatic N) is 3. The number of aromatic nitrogens is 3. The normalized spacial score (nSPS) is 14.2. The van der Waals surface area contributed by atoms with Gasteiger partial charge in [-0.3, -0.25) is 4.79 Å². The summed E-state index contributed by atoms with van der Waals surface area (Å²) in [4.78, 5) is 23.9. The summed E-state index contributed by atoms with van der Waals surface area (Å²) in [6.07, 6.45) is 3.31. The van der Waals surface area contributed by atoms with Crippen LogP contribution in [0.25, 0.3) is 0 Å². The van der Waals surface area contributed by atoms with Gasteiger partial charge >= 0.3 is 5.97 Å². The molecule has 0 saturated heterocycles. The lowest BCUT2D eigenvalue weighted by Crippen LogP contribution is -2.46. The number of ether oxygens (including phenoxy) is 1. The third-order valence-electron chi connectivity index (χ3n) is 3.59. The molecular weight excluding hydrogens is 296 g/mol. The molecule has 7 heteroatoms. The van der Waals surface area contributed by atoms with Crippen LogP contribution in [-0.2, 0) is 27.3 Å². The molecule has 1 aromatic heterocycles. The summed E-state index contributed by atoms with van der Waals surface area (Å²) in [5.41, 5.74) is 0.951. The Hall–Kier alpha value is -1.92. The smallest absolute Gasteiger partial charge is 0.328 e. The maximum Gasteiger partial charge on any atom is 0.328 e. The number of carbonyl (C=O) groups is 2. The minimum absolute atomic E-state index is 0.00130. The van der Waals surface area contributed by atoms with E-state index in [9.17, 15) is 9.59 Å². The van der Waals surface area contributed by atoms with Crippen molar-refractivity contribution in [2.45, 2.75) is 60.0 Å². The van der Waals surface area contributed by atoms with Crippen LogP contribution in [0, 0.1) is 11.3 Å². The maximum atomic E-state index is 12.2. The van der Waals surface area contributed by atoms with Crippen LogP contribution >= 0.6 is 0 Å². The quantitative estimate of drug-likeness (QED) is 0.769. The molecule has 2 atom stereocenters. The third kappa shape index (κ3) is 6.38. The molecule has 1 rings (SSSR count). The zero-order chi connectivity index (χ0) is 17.6. The first kappa shape index (κ1) is 19.1. The van der Waals surface area contributed by atoms with Crippen molar-refractivity contribution >= 4 is 11.9 Å². The number of rotatable bonds is 7. The molecule has 1 amide bonds. The Bertz CT molecular complexity index is 534. The van der Waals surface area contributed by atoms with Crippen LogP contribution < -0.4 is 5.32 Å². The highest BCUT2D eigenvalue weighted by Gasteiger charge is 2.26. The molecule has 0 aliphatic heterocycles. The van der Waals surface area contributed by atoms with Crippen molar-refractivity contribution in [3.8, 4) is 0 Å². The van der Waals surface area contributed by atoms with Gasteiger partial charge in [-0.1, -0.05) is 46.3 Å². The summed E-state index contributed by atoms with van der Waals surface area (Å²) in [5.74, 6) is -0.716. The number of hydrogen-bond donors (Lipinski definition) is 1. The minimum Gasteiger partial charge on any atom is -0.467 e. The Morgan fingerprint density at radius 1 is 1.39 bits per heavy atom. The third-order valence-corrected chi connectivity index (χ3v) is 3.59. The largest absolute Gasteiger partial charge is 0.467 e. The van der Waals surface area contributed by atoms with E-state index < -0.39 is 12.0 Å². The number of amides is 1. The van der Waals surface area contributed by atoms with Gasteiger partial charge in [-0.05, 0) is 17.8 Å². The van der Waals surface area contributed by atoms with Gasteiger partial charge in [0.25, 0.3) is 0 Å². The second-order valence-electron chi connectivity index (χ2n) is 7.10. The van der Waals surface area contributed by atoms with Gasteiger partial charge in [0.1, 0.15) is 12.6 Å². The van der Waals surface area contributed by atoms with Gasteiger partial charge in [0.05, 0.1) is 12.8 Å². The van der Waals surface area contributed by atoms with Crippen molar-refractivity contribution in [3.05, 3.63) is 11.9 Å². The lowest BCUT2D eigenvalue weighted by atomic mass is 9.91. The summed E-state index contributed by atoms with van der Waals surface area (Å²) in [7, 11) is 1.32. The van der Waals surface area contributed by atoms with Crippen LogP contribution in [0.5, 0.6) is 0 Å². The summed E-state index contributed by atoms with van der Waals surface area (Å²) in [6, 6.07) is -0.643. The van der Waals surface area contributed by atoms with E-state index in [-0.39, 0.29) is 23.8 Å². The molecular formula is C16H28N4O3. The molecule has 0 saturated carbocycles. The van der Waals surface area contributed by atoms with Gasteiger partial charge in [0.15, 0.2) is 0 Å². The number of hydrogen-bond acceptors (Lipinski definition) is 5. The topological polar surface area (TPSA) is 86.1 Å². The summed E-state index contributed by atoms with van der Waals surface area (Å²) in [6.45, 7) is 10.2. The lowest BCUT2D eigenvalue weighted by Gasteiger charge is -2.21. The molecule has 0 radical (unpaired) electrons. The van der Waals surface area contributed by atoms with Crippen LogP contribution in [0.2, 0.25) is 0 Å². The fourth-order valence-corrected chi connectivity index (χ4v) is 2.20. The van der Waals surface area contributed by atoms with E-state index in [4.69, 9.17) is 4.74 Å². The Morgan fingerprint density at radius 2 is 2.04 bits per heavy atom. The van der Waals surface area contributed by atoms with E-state index in [0.717, 1.165) is 18.5 Å². The van der Waals surface area contributed by atoms with Crippen LogP contribution in [0.1, 0.15) is 46.7 Å². The highest BCUT2D eigenvalue weighted by Crippen LogP contribution is 2.18. The molecule has 1 N–H and O–H groups in total. The lowest BCUT2D eigenvalue weighted by molar-refractivity contribution is -0.146. The Morgan fingerprint density at radius 3 is 2.57 bits per heavy atom. The summed E-state index contributed by atoms with van der Waals surface area (Å²) < 4.78 is 6.24. The van der Waals surface area contributed by atoms with Crippen molar-refractivity contribution in [2.75, 3.05) is 7.11 Å². The Kier molecular flexibility index (Phi) is 6.72. The van der Waals surface area contributed by atoms with Crippen LogP contribution in [-0.4, -0.2) is 40.0 Å². The number of carbonyl (C=O) groups excluding carboxylic acids is 2. The first-order valence-corrected chi connectivity index (χ1v) is 7.92. The molecule has 0 bridgehead atoms. The highest BCUT2D eigenvalue weighted by atomic mass is 16.5. The molecule has 0 unspecified atom stereocenters. The van der Waals surface area contributed by atoms with Crippen LogP contribution in [0.3, 0.4) is 0 Å². The summed E-state index contributed by atoms with van der Waals surface area (Å²) in [5, 5.41) is 10.8. The fourth-order valence-electron chi connectivity index (χ4n) is 2.20. The van der Waals surface area contributed by atoms with Gasteiger partial charge in [-0.25, -0.2) is 9.48 Å². The molecule has 1 heterocycles. The van der Waals surface area contributed by atoms with E-state index in [1.54, 1.807) is 6.20 Å². The first-order chi connectivity index (χ1) is 10.7. The zero-order valence-electron chi connectivity index (χ0n) is 14.9. The Labute approximate surface area is 137 Å². The minimum atomic E-state index is -0.643. The van der Waals surface area contributed by atoms with Crippen molar-refractivity contribution in [1.82, 2.24) is 20.3 Å². The molecule has 0 aromatic carbocycles. The van der Waals surface area contributed by atoms with Crippen LogP contribution in [0.15, 0.2) is 6.20 Å². The molecule has 1 aromatic rings. The first-order valence-electron chi connectivity index (χ1n) is 7.92. The van der Waals surface area contributed by atoms with E-state index in [0.29, 0.717) is 0 Å². The number of methoxy groups -OCH3 is 1.